The van der Waals surface area contributed by atoms with Crippen molar-refractivity contribution in [3.8, 4) is 0 Å². The molecule has 1 aliphatic heterocycles. The quantitative estimate of drug-likeness (QED) is 0.0456. The number of hydrogen-bond donors (Lipinski definition) is 2. The van der Waals surface area contributed by atoms with Gasteiger partial charge in [0.15, 0.2) is 17.4 Å². The predicted molar refractivity (Wildman–Crippen MR) is 314 cm³/mol. The van der Waals surface area contributed by atoms with E-state index in [1.54, 1.807) is 36.4 Å². The second kappa shape index (κ2) is 23.2. The van der Waals surface area contributed by atoms with E-state index < -0.39 is 69.1 Å². The van der Waals surface area contributed by atoms with Gasteiger partial charge in [-0.15, -0.1) is 0 Å². The van der Waals surface area contributed by atoms with Crippen LogP contribution in [-0.4, -0.2) is 58.4 Å². The number of nitrogens with zero attached hydrogens (tertiary/aromatic N) is 3. The molecule has 420 valence electrons. The van der Waals surface area contributed by atoms with Crippen molar-refractivity contribution < 1.29 is 40.0 Å². The number of aromatic amines is 1. The number of rotatable bonds is 19. The predicted octanol–water partition coefficient (Wildman–Crippen LogP) is 13.0. The summed E-state index contributed by atoms with van der Waals surface area (Å²) in [6, 6.07) is 83.8. The number of fused-ring (bicyclic) bond motifs is 1. The largest absolute Gasteiger partial charge is 0.523 e. The zero-order valence-electron chi connectivity index (χ0n) is 44.8. The van der Waals surface area contributed by atoms with Crippen LogP contribution >= 0.6 is 0 Å². The third-order valence-corrected chi connectivity index (χ3v) is 16.3. The van der Waals surface area contributed by atoms with Crippen LogP contribution in [0, 0.1) is 0 Å². The van der Waals surface area contributed by atoms with Crippen molar-refractivity contribution in [1.29, 1.82) is 0 Å². The van der Waals surface area contributed by atoms with Gasteiger partial charge in [0.1, 0.15) is 35.1 Å². The van der Waals surface area contributed by atoms with Gasteiger partial charge >= 0.3 is 15.6 Å². The maximum absolute atomic E-state index is 15.2. The molecule has 0 saturated carbocycles. The molecule has 3 heterocycles. The highest BCUT2D eigenvalue weighted by molar-refractivity contribution is 7.87. The Morgan fingerprint density at radius 3 is 1.20 bits per heavy atom. The fourth-order valence-corrected chi connectivity index (χ4v) is 12.2. The average Bonchev–Trinajstić information content (AvgIpc) is 2.32. The van der Waals surface area contributed by atoms with Crippen LogP contribution in [-0.2, 0) is 45.3 Å². The van der Waals surface area contributed by atoms with E-state index in [-0.39, 0.29) is 17.1 Å². The molecule has 0 radical (unpaired) electrons. The number of aromatic nitrogens is 4. The molecule has 1 aliphatic rings. The van der Waals surface area contributed by atoms with Crippen molar-refractivity contribution in [2.75, 3.05) is 11.9 Å². The maximum Gasteiger partial charge on any atom is 0.523 e. The molecule has 0 aliphatic carbocycles. The lowest BCUT2D eigenvalue weighted by molar-refractivity contribution is -0.122. The Kier molecular flexibility index (Phi) is 15.2. The molecule has 2 aromatic heterocycles. The average molecular weight is 1140 g/mol. The molecule has 0 unspecified atom stereocenters. The van der Waals surface area contributed by atoms with Gasteiger partial charge in [-0.25, -0.2) is 4.98 Å². The number of ether oxygens (including phenoxy) is 3. The third kappa shape index (κ3) is 10.2. The van der Waals surface area contributed by atoms with Crippen molar-refractivity contribution >= 4 is 27.2 Å². The van der Waals surface area contributed by atoms with Gasteiger partial charge in [-0.3, -0.25) is 18.5 Å². The summed E-state index contributed by atoms with van der Waals surface area (Å²) in [4.78, 5) is 27.3. The van der Waals surface area contributed by atoms with E-state index in [2.05, 4.69) is 15.3 Å². The maximum atomic E-state index is 15.2. The lowest BCUT2D eigenvalue weighted by Gasteiger charge is -2.40. The molecule has 12 rings (SSSR count). The van der Waals surface area contributed by atoms with Crippen molar-refractivity contribution in [3.63, 3.8) is 0 Å². The highest BCUT2D eigenvalue weighted by atomic mass is 32.2. The van der Waals surface area contributed by atoms with E-state index in [0.29, 0.717) is 33.4 Å². The molecule has 4 atom stereocenters. The molecule has 0 amide bonds. The van der Waals surface area contributed by atoms with Crippen molar-refractivity contribution in [1.82, 2.24) is 19.5 Å². The van der Waals surface area contributed by atoms with Crippen molar-refractivity contribution in [2.24, 2.45) is 0 Å². The molecule has 9 aromatic carbocycles. The number of nitrogens with one attached hydrogen (secondary N) is 2. The van der Waals surface area contributed by atoms with E-state index in [1.807, 2.05) is 237 Å². The number of halogens is 3. The van der Waals surface area contributed by atoms with Crippen LogP contribution in [0.1, 0.15) is 56.3 Å². The Hall–Kier alpha value is -9.29. The molecule has 84 heavy (non-hydrogen) atoms. The molecule has 16 heteroatoms. The van der Waals surface area contributed by atoms with E-state index in [9.17, 15) is 13.2 Å². The van der Waals surface area contributed by atoms with Crippen LogP contribution in [0.3, 0.4) is 0 Å². The minimum absolute atomic E-state index is 0.0285. The summed E-state index contributed by atoms with van der Waals surface area (Å²) in [6.07, 6.45) is -6.10. The van der Waals surface area contributed by atoms with Gasteiger partial charge in [0, 0.05) is 0 Å². The lowest BCUT2D eigenvalue weighted by atomic mass is 9.77. The topological polar surface area (TPSA) is 147 Å². The Balaban J connectivity index is 1.09. The first-order chi connectivity index (χ1) is 40.9. The third-order valence-electron chi connectivity index (χ3n) is 15.3. The Bertz CT molecular complexity index is 3850. The van der Waals surface area contributed by atoms with Crippen molar-refractivity contribution in [2.45, 2.75) is 46.8 Å². The highest BCUT2D eigenvalue weighted by Crippen LogP contribution is 2.49. The van der Waals surface area contributed by atoms with Gasteiger partial charge in [0.2, 0.25) is 5.95 Å². The molecule has 2 N–H and O–H groups in total. The highest BCUT2D eigenvalue weighted by Gasteiger charge is 2.59. The lowest BCUT2D eigenvalue weighted by Crippen LogP contribution is -2.48. The molecule has 11 aromatic rings. The number of H-pyrrole nitrogens is 1. The van der Waals surface area contributed by atoms with E-state index >= 15 is 13.2 Å². The number of benzene rings is 9. The standard InChI is InChI=1S/C68H54F3N5O7S/c69-68(70,71)84(78,79)83-59-57(46-80-66(51-34-16-4-17-35-51,52-36-18-5-19-37-52)53-38-20-6-21-39-53)81-63(60(59)82-67(54-40-22-7-23-41-54,55-42-24-8-25-43-55)56-44-26-9-27-45-56)76-47-72-58-61(76)73-64(74-62(58)77)75-65(48-28-10-1-11-29-48,49-30-12-2-13-31-49)50-32-14-3-15-33-50/h1-45,47,57,59-60,63H,46H2,(H2,73,74,75,77)/t57-,59-,60-,63-/m1/s1. The summed E-state index contributed by atoms with van der Waals surface area (Å²) in [5.74, 6) is -0.0285. The summed E-state index contributed by atoms with van der Waals surface area (Å²) in [6.45, 7) is -0.608. The summed E-state index contributed by atoms with van der Waals surface area (Å²) in [7, 11) is -6.48. The zero-order chi connectivity index (χ0) is 57.8. The minimum Gasteiger partial charge on any atom is -0.358 e. The molecule has 1 fully saturated rings. The first kappa shape index (κ1) is 55.3. The smallest absolute Gasteiger partial charge is 0.358 e. The number of anilines is 1. The summed E-state index contributed by atoms with van der Waals surface area (Å²) in [5, 5.41) is 3.62. The van der Waals surface area contributed by atoms with E-state index in [4.69, 9.17) is 23.4 Å². The van der Waals surface area contributed by atoms with Crippen LogP contribution in [0.15, 0.2) is 284 Å². The summed E-state index contributed by atoms with van der Waals surface area (Å²) < 4.78 is 102. The molecule has 1 saturated heterocycles. The van der Waals surface area contributed by atoms with Gasteiger partial charge in [0.05, 0.1) is 12.9 Å². The fourth-order valence-electron chi connectivity index (χ4n) is 11.5. The van der Waals surface area contributed by atoms with E-state index in [1.165, 1.54) is 10.9 Å². The Labute approximate surface area is 482 Å². The van der Waals surface area contributed by atoms with Gasteiger partial charge in [-0.05, 0) is 50.1 Å². The van der Waals surface area contributed by atoms with Crippen LogP contribution < -0.4 is 10.9 Å². The zero-order valence-corrected chi connectivity index (χ0v) is 45.6. The molecule has 12 nitrogen and oxygen atoms in total. The van der Waals surface area contributed by atoms with Gasteiger partial charge < -0.3 is 19.5 Å². The number of imidazole rings is 1. The molecule has 0 spiro atoms. The van der Waals surface area contributed by atoms with Crippen LogP contribution in [0.25, 0.3) is 11.2 Å². The summed E-state index contributed by atoms with van der Waals surface area (Å²) in [5.41, 5.74) is -5.47. The monoisotopic (exact) mass is 1140 g/mol. The van der Waals surface area contributed by atoms with Gasteiger partial charge in [-0.1, -0.05) is 273 Å². The molecular formula is C68H54F3N5O7S. The Morgan fingerprint density at radius 2 is 0.845 bits per heavy atom. The fraction of sp³-hybridized carbons (Fsp3) is 0.132. The molecular weight excluding hydrogens is 1090 g/mol. The second-order valence-corrected chi connectivity index (χ2v) is 21.8. The first-order valence-corrected chi connectivity index (χ1v) is 28.5. The first-order valence-electron chi connectivity index (χ1n) is 27.1. The van der Waals surface area contributed by atoms with Crippen LogP contribution in [0.5, 0.6) is 0 Å². The van der Waals surface area contributed by atoms with Gasteiger partial charge in [0.25, 0.3) is 5.56 Å². The SMILES string of the molecule is O=c1[nH]c(NC(c2ccccc2)(c2ccccc2)c2ccccc2)nc2c1ncn2[C@@H]1O[C@H](COC(c2ccccc2)(c2ccccc2)c2ccccc2)[C@@H](OS(=O)(=O)C(F)(F)F)[C@H]1OC(c1ccccc1)(c1ccccc1)c1ccccc1. The van der Waals surface area contributed by atoms with Crippen LogP contribution in [0.4, 0.5) is 19.1 Å². The van der Waals surface area contributed by atoms with Gasteiger partial charge in [-0.2, -0.15) is 26.6 Å². The number of hydrogen-bond acceptors (Lipinski definition) is 10. The molecule has 0 bridgehead atoms. The summed E-state index contributed by atoms with van der Waals surface area (Å²) >= 11 is 0. The Morgan fingerprint density at radius 1 is 0.500 bits per heavy atom. The van der Waals surface area contributed by atoms with Crippen LogP contribution in [0.2, 0.25) is 0 Å². The minimum atomic E-state index is -6.48. The number of alkyl halides is 3. The normalized spacial score (nSPS) is 16.8. The second-order valence-electron chi connectivity index (χ2n) is 20.2. The van der Waals surface area contributed by atoms with E-state index in [0.717, 1.165) is 16.7 Å². The van der Waals surface area contributed by atoms with Crippen molar-refractivity contribution in [3.05, 3.63) is 340 Å².